The third kappa shape index (κ3) is 2.81. The van der Waals surface area contributed by atoms with Crippen molar-refractivity contribution in [3.63, 3.8) is 0 Å². The van der Waals surface area contributed by atoms with E-state index in [-0.39, 0.29) is 21.6 Å². The second-order valence-electron chi connectivity index (χ2n) is 2.73. The fourth-order valence-corrected chi connectivity index (χ4v) is 1.64. The van der Waals surface area contributed by atoms with Gasteiger partial charge in [-0.1, -0.05) is 23.2 Å². The summed E-state index contributed by atoms with van der Waals surface area (Å²) in [7, 11) is 0. The second-order valence-corrected chi connectivity index (χ2v) is 3.54. The Hall–Kier alpha value is -1.33. The quantitative estimate of drug-likeness (QED) is 0.646. The Morgan fingerprint density at radius 3 is 2.20 bits per heavy atom. The molecule has 7 heteroatoms. The maximum absolute atomic E-state index is 10.7. The largest absolute Gasteiger partial charge is 0.326 e. The Morgan fingerprint density at radius 2 is 1.87 bits per heavy atom. The van der Waals surface area contributed by atoms with Crippen molar-refractivity contribution in [1.82, 2.24) is 0 Å². The van der Waals surface area contributed by atoms with E-state index in [4.69, 9.17) is 23.2 Å². The minimum absolute atomic E-state index is 0.115. The maximum Gasteiger partial charge on any atom is 0.306 e. The summed E-state index contributed by atoms with van der Waals surface area (Å²) in [6.45, 7) is 1.31. The zero-order valence-corrected chi connectivity index (χ0v) is 9.09. The standard InChI is InChI=1S/C8H6Cl2N2O3/c1-4(13)11-5-2-6(9)8(12(14)15)7(10)3-5/h2-3H,1H3,(H,11,13). The molecule has 0 aliphatic rings. The Balaban J connectivity index is 3.19. The number of anilines is 1. The van der Waals surface area contributed by atoms with E-state index in [0.29, 0.717) is 5.69 Å². The molecular weight excluding hydrogens is 243 g/mol. The van der Waals surface area contributed by atoms with Crippen LogP contribution in [0.4, 0.5) is 11.4 Å². The van der Waals surface area contributed by atoms with E-state index >= 15 is 0 Å². The molecule has 1 aromatic rings. The van der Waals surface area contributed by atoms with Crippen LogP contribution in [0.3, 0.4) is 0 Å². The number of hydrogen-bond donors (Lipinski definition) is 1. The molecule has 80 valence electrons. The number of benzene rings is 1. The van der Waals surface area contributed by atoms with E-state index in [2.05, 4.69) is 5.32 Å². The fraction of sp³-hybridized carbons (Fsp3) is 0.125. The molecule has 0 fully saturated rings. The molecule has 0 aromatic heterocycles. The van der Waals surface area contributed by atoms with Crippen LogP contribution in [0.2, 0.25) is 10.0 Å². The summed E-state index contributed by atoms with van der Waals surface area (Å²) in [5.74, 6) is -0.309. The number of nitrogens with one attached hydrogen (secondary N) is 1. The molecule has 0 saturated carbocycles. The van der Waals surface area contributed by atoms with Crippen LogP contribution < -0.4 is 5.32 Å². The molecule has 0 spiro atoms. The SMILES string of the molecule is CC(=O)Nc1cc(Cl)c([N+](=O)[O-])c(Cl)c1. The predicted octanol–water partition coefficient (Wildman–Crippen LogP) is 2.86. The summed E-state index contributed by atoms with van der Waals surface area (Å²) >= 11 is 11.3. The lowest BCUT2D eigenvalue weighted by atomic mass is 10.3. The molecule has 1 aromatic carbocycles. The fourth-order valence-electron chi connectivity index (χ4n) is 1.02. The Labute approximate surface area is 95.1 Å². The third-order valence-electron chi connectivity index (χ3n) is 1.52. The molecule has 0 bridgehead atoms. The lowest BCUT2D eigenvalue weighted by Crippen LogP contribution is -2.06. The molecule has 0 aliphatic heterocycles. The Bertz CT molecular complexity index is 411. The summed E-state index contributed by atoms with van der Waals surface area (Å²) < 4.78 is 0. The molecule has 0 unspecified atom stereocenters. The number of amides is 1. The lowest BCUT2D eigenvalue weighted by Gasteiger charge is -2.04. The monoisotopic (exact) mass is 248 g/mol. The zero-order chi connectivity index (χ0) is 11.6. The highest BCUT2D eigenvalue weighted by molar-refractivity contribution is 6.38. The highest BCUT2D eigenvalue weighted by Gasteiger charge is 2.18. The molecular formula is C8H6Cl2N2O3. The number of hydrogen-bond acceptors (Lipinski definition) is 3. The number of rotatable bonds is 2. The first-order chi connectivity index (χ1) is 6.91. The Kier molecular flexibility index (Phi) is 3.49. The number of halogens is 2. The molecule has 1 amide bonds. The number of carbonyl (C=O) groups is 1. The van der Waals surface area contributed by atoms with Crippen LogP contribution >= 0.6 is 23.2 Å². The van der Waals surface area contributed by atoms with Crippen molar-refractivity contribution < 1.29 is 9.72 Å². The predicted molar refractivity (Wildman–Crippen MR) is 57.4 cm³/mol. The summed E-state index contributed by atoms with van der Waals surface area (Å²) in [6.07, 6.45) is 0. The number of nitro groups is 1. The average Bonchev–Trinajstić information content (AvgIpc) is 1.99. The van der Waals surface area contributed by atoms with Crippen molar-refractivity contribution >= 4 is 40.5 Å². The number of nitrogens with zero attached hydrogens (tertiary/aromatic N) is 1. The third-order valence-corrected chi connectivity index (χ3v) is 2.10. The van der Waals surface area contributed by atoms with Crippen LogP contribution in [0.15, 0.2) is 12.1 Å². The zero-order valence-electron chi connectivity index (χ0n) is 7.58. The van der Waals surface area contributed by atoms with Gasteiger partial charge in [-0.2, -0.15) is 0 Å². The maximum atomic E-state index is 10.7. The molecule has 0 saturated heterocycles. The van der Waals surface area contributed by atoms with Crippen LogP contribution in [0.1, 0.15) is 6.92 Å². The van der Waals surface area contributed by atoms with Gasteiger partial charge in [-0.3, -0.25) is 14.9 Å². The summed E-state index contributed by atoms with van der Waals surface area (Å²) in [6, 6.07) is 2.54. The van der Waals surface area contributed by atoms with Crippen LogP contribution in [0.25, 0.3) is 0 Å². The normalized spacial score (nSPS) is 9.80. The van der Waals surface area contributed by atoms with Crippen molar-refractivity contribution in [2.45, 2.75) is 6.92 Å². The first kappa shape index (κ1) is 11.7. The van der Waals surface area contributed by atoms with E-state index in [0.717, 1.165) is 0 Å². The van der Waals surface area contributed by atoms with Crippen molar-refractivity contribution in [2.75, 3.05) is 5.32 Å². The van der Waals surface area contributed by atoms with E-state index in [1.165, 1.54) is 19.1 Å². The number of nitro benzene ring substituents is 1. The molecule has 0 atom stereocenters. The molecule has 1 N–H and O–H groups in total. The van der Waals surface area contributed by atoms with E-state index in [1.54, 1.807) is 0 Å². The lowest BCUT2D eigenvalue weighted by molar-refractivity contribution is -0.384. The highest BCUT2D eigenvalue weighted by Crippen LogP contribution is 2.35. The van der Waals surface area contributed by atoms with Gasteiger partial charge in [0.1, 0.15) is 10.0 Å². The molecule has 0 aliphatic carbocycles. The summed E-state index contributed by atoms with van der Waals surface area (Å²) in [5, 5.41) is 12.7. The van der Waals surface area contributed by atoms with Gasteiger partial charge in [-0.15, -0.1) is 0 Å². The molecule has 5 nitrogen and oxygen atoms in total. The van der Waals surface area contributed by atoms with E-state index in [1.807, 2.05) is 0 Å². The van der Waals surface area contributed by atoms with Crippen molar-refractivity contribution in [3.8, 4) is 0 Å². The van der Waals surface area contributed by atoms with Gasteiger partial charge >= 0.3 is 5.69 Å². The van der Waals surface area contributed by atoms with Gasteiger partial charge in [-0.25, -0.2) is 0 Å². The van der Waals surface area contributed by atoms with Gasteiger partial charge in [0.2, 0.25) is 5.91 Å². The van der Waals surface area contributed by atoms with Crippen LogP contribution in [0, 0.1) is 10.1 Å². The van der Waals surface area contributed by atoms with Gasteiger partial charge in [0.05, 0.1) is 4.92 Å². The molecule has 1 rings (SSSR count). The highest BCUT2D eigenvalue weighted by atomic mass is 35.5. The molecule has 15 heavy (non-hydrogen) atoms. The van der Waals surface area contributed by atoms with E-state index < -0.39 is 4.92 Å². The summed E-state index contributed by atoms with van der Waals surface area (Å²) in [5.41, 5.74) is -0.0458. The van der Waals surface area contributed by atoms with Crippen LogP contribution in [0.5, 0.6) is 0 Å². The Morgan fingerprint density at radius 1 is 1.40 bits per heavy atom. The second kappa shape index (κ2) is 4.46. The smallest absolute Gasteiger partial charge is 0.306 e. The first-order valence-corrected chi connectivity index (χ1v) is 4.58. The van der Waals surface area contributed by atoms with Gasteiger partial charge in [-0.05, 0) is 12.1 Å². The van der Waals surface area contributed by atoms with Crippen LogP contribution in [-0.2, 0) is 4.79 Å². The van der Waals surface area contributed by atoms with Crippen molar-refractivity contribution in [3.05, 3.63) is 32.3 Å². The first-order valence-electron chi connectivity index (χ1n) is 3.83. The van der Waals surface area contributed by atoms with Crippen molar-refractivity contribution in [2.24, 2.45) is 0 Å². The van der Waals surface area contributed by atoms with Crippen LogP contribution in [-0.4, -0.2) is 10.8 Å². The topological polar surface area (TPSA) is 72.2 Å². The van der Waals surface area contributed by atoms with Gasteiger partial charge in [0, 0.05) is 12.6 Å². The van der Waals surface area contributed by atoms with Gasteiger partial charge in [0.25, 0.3) is 0 Å². The summed E-state index contributed by atoms with van der Waals surface area (Å²) in [4.78, 5) is 20.6. The van der Waals surface area contributed by atoms with Gasteiger partial charge in [0.15, 0.2) is 0 Å². The van der Waals surface area contributed by atoms with Gasteiger partial charge < -0.3 is 5.32 Å². The molecule has 0 heterocycles. The molecule has 0 radical (unpaired) electrons. The minimum atomic E-state index is -0.678. The minimum Gasteiger partial charge on any atom is -0.326 e. The number of carbonyl (C=O) groups excluding carboxylic acids is 1. The average molecular weight is 249 g/mol. The van der Waals surface area contributed by atoms with E-state index in [9.17, 15) is 14.9 Å². The van der Waals surface area contributed by atoms with Crippen molar-refractivity contribution in [1.29, 1.82) is 0 Å².